The van der Waals surface area contributed by atoms with E-state index in [1.165, 1.54) is 18.9 Å². The Hall–Kier alpha value is -2.65. The summed E-state index contributed by atoms with van der Waals surface area (Å²) in [7, 11) is 1.35. The van der Waals surface area contributed by atoms with E-state index in [1.807, 2.05) is 30.3 Å². The summed E-state index contributed by atoms with van der Waals surface area (Å²) in [6, 6.07) is 12.6. The minimum absolute atomic E-state index is 0.214. The van der Waals surface area contributed by atoms with E-state index in [0.29, 0.717) is 27.0 Å². The van der Waals surface area contributed by atoms with Gasteiger partial charge in [-0.05, 0) is 42.3 Å². The molecule has 0 aliphatic carbocycles. The van der Waals surface area contributed by atoms with Gasteiger partial charge in [0.15, 0.2) is 11.3 Å². The first-order chi connectivity index (χ1) is 14.5. The number of hydrogen-bond donors (Lipinski definition) is 1. The zero-order chi connectivity index (χ0) is 21.3. The van der Waals surface area contributed by atoms with Crippen molar-refractivity contribution >= 4 is 50.4 Å². The molecule has 154 valence electrons. The van der Waals surface area contributed by atoms with Crippen LogP contribution in [0, 0.1) is 0 Å². The molecule has 1 N–H and O–H groups in total. The fraction of sp³-hybridized carbons (Fsp3) is 0.238. The molecule has 9 heteroatoms. The van der Waals surface area contributed by atoms with Crippen LogP contribution in [0.15, 0.2) is 57.0 Å². The molecule has 0 bridgehead atoms. The average molecular weight is 487 g/mol. The summed E-state index contributed by atoms with van der Waals surface area (Å²) in [5, 5.41) is 11.2. The third kappa shape index (κ3) is 3.87. The molecule has 0 fully saturated rings. The van der Waals surface area contributed by atoms with E-state index in [4.69, 9.17) is 14.8 Å². The Morgan fingerprint density at radius 2 is 2.03 bits per heavy atom. The number of amides is 1. The molecule has 1 unspecified atom stereocenters. The molecule has 30 heavy (non-hydrogen) atoms. The Kier molecular flexibility index (Phi) is 5.92. The normalized spacial score (nSPS) is 17.4. The minimum Gasteiger partial charge on any atom is -0.465 e. The molecule has 2 aliphatic heterocycles. The molecule has 2 aromatic carbocycles. The van der Waals surface area contributed by atoms with Gasteiger partial charge < -0.3 is 4.74 Å². The fourth-order valence-electron chi connectivity index (χ4n) is 3.24. The van der Waals surface area contributed by atoms with Crippen molar-refractivity contribution in [2.24, 2.45) is 10.1 Å². The molecular formula is C21H19BrN4O3S. The molecule has 1 atom stereocenters. The Balaban J connectivity index is 1.85. The number of nitrogens with zero attached hydrogens (tertiary/aromatic N) is 3. The van der Waals surface area contributed by atoms with Crippen molar-refractivity contribution in [2.75, 3.05) is 12.9 Å². The maximum absolute atomic E-state index is 13.0. The van der Waals surface area contributed by atoms with Crippen LogP contribution in [0.3, 0.4) is 0 Å². The van der Waals surface area contributed by atoms with Crippen molar-refractivity contribution in [3.8, 4) is 0 Å². The van der Waals surface area contributed by atoms with E-state index in [2.05, 4.69) is 28.2 Å². The average Bonchev–Trinajstić information content (AvgIpc) is 2.76. The van der Waals surface area contributed by atoms with Crippen molar-refractivity contribution in [1.29, 1.82) is 0 Å². The van der Waals surface area contributed by atoms with Crippen LogP contribution in [0.1, 0.15) is 35.4 Å². The number of ether oxygens (including phenoxy) is 1. The summed E-state index contributed by atoms with van der Waals surface area (Å²) < 4.78 is 5.63. The second-order valence-electron chi connectivity index (χ2n) is 6.68. The van der Waals surface area contributed by atoms with E-state index in [9.17, 15) is 9.59 Å². The summed E-state index contributed by atoms with van der Waals surface area (Å²) >= 11 is 4.97. The van der Waals surface area contributed by atoms with Crippen LogP contribution >= 0.6 is 27.7 Å². The van der Waals surface area contributed by atoms with E-state index in [0.717, 1.165) is 22.2 Å². The molecule has 0 saturated heterocycles. The number of amidine groups is 1. The first kappa shape index (κ1) is 20.6. The first-order valence-corrected chi connectivity index (χ1v) is 11.2. The van der Waals surface area contributed by atoms with E-state index < -0.39 is 12.1 Å². The SMILES string of the molecule is CCCSC1=NN2C(=c3cc(Br)ccc3=NC2c2ccc(C(=O)OC)cc2)C(=O)N1. The van der Waals surface area contributed by atoms with Crippen LogP contribution in [0.25, 0.3) is 5.70 Å². The number of carbonyl (C=O) groups is 2. The van der Waals surface area contributed by atoms with Gasteiger partial charge in [0.1, 0.15) is 5.70 Å². The highest BCUT2D eigenvalue weighted by Crippen LogP contribution is 2.31. The molecule has 4 rings (SSSR count). The summed E-state index contributed by atoms with van der Waals surface area (Å²) in [6.07, 6.45) is 0.443. The monoisotopic (exact) mass is 486 g/mol. The van der Waals surface area contributed by atoms with Gasteiger partial charge in [0, 0.05) is 15.4 Å². The molecule has 7 nitrogen and oxygen atoms in total. The highest BCUT2D eigenvalue weighted by atomic mass is 79.9. The smallest absolute Gasteiger partial charge is 0.337 e. The number of fused-ring (bicyclic) bond motifs is 2. The third-order valence-electron chi connectivity index (χ3n) is 4.64. The maximum atomic E-state index is 13.0. The number of esters is 1. The van der Waals surface area contributed by atoms with Gasteiger partial charge in [-0.2, -0.15) is 0 Å². The number of hydrazone groups is 1. The fourth-order valence-corrected chi connectivity index (χ4v) is 4.31. The van der Waals surface area contributed by atoms with Crippen molar-refractivity contribution in [2.45, 2.75) is 19.5 Å². The third-order valence-corrected chi connectivity index (χ3v) is 6.21. The van der Waals surface area contributed by atoms with Gasteiger partial charge in [0.2, 0.25) is 0 Å². The Labute approximate surface area is 186 Å². The quantitative estimate of drug-likeness (QED) is 0.671. The number of methoxy groups -OCH3 is 1. The lowest BCUT2D eigenvalue weighted by Gasteiger charge is -2.34. The van der Waals surface area contributed by atoms with Crippen LogP contribution in [-0.2, 0) is 9.53 Å². The number of rotatable bonds is 4. The number of benzene rings is 2. The highest BCUT2D eigenvalue weighted by molar-refractivity contribution is 9.10. The van der Waals surface area contributed by atoms with Crippen LogP contribution in [-0.4, -0.2) is 34.9 Å². The van der Waals surface area contributed by atoms with Gasteiger partial charge in [-0.25, -0.2) is 9.80 Å². The largest absolute Gasteiger partial charge is 0.465 e. The van der Waals surface area contributed by atoms with Crippen LogP contribution in [0.4, 0.5) is 0 Å². The maximum Gasteiger partial charge on any atom is 0.337 e. The van der Waals surface area contributed by atoms with Crippen LogP contribution in [0.2, 0.25) is 0 Å². The van der Waals surface area contributed by atoms with E-state index in [1.54, 1.807) is 17.1 Å². The van der Waals surface area contributed by atoms with Gasteiger partial charge in [-0.15, -0.1) is 5.10 Å². The molecular weight excluding hydrogens is 468 g/mol. The first-order valence-electron chi connectivity index (χ1n) is 9.39. The Bertz CT molecular complexity index is 1160. The predicted octanol–water partition coefficient (Wildman–Crippen LogP) is 2.52. The van der Waals surface area contributed by atoms with Crippen molar-refractivity contribution in [3.05, 3.63) is 68.6 Å². The summed E-state index contributed by atoms with van der Waals surface area (Å²) in [6.45, 7) is 2.07. The highest BCUT2D eigenvalue weighted by Gasteiger charge is 2.34. The predicted molar refractivity (Wildman–Crippen MR) is 119 cm³/mol. The van der Waals surface area contributed by atoms with Crippen molar-refractivity contribution in [3.63, 3.8) is 0 Å². The molecule has 0 spiro atoms. The molecule has 2 aliphatic rings. The standard InChI is InChI=1S/C21H19BrN4O3S/c1-3-10-30-21-24-19(27)17-15-11-14(22)8-9-16(15)23-18(26(17)25-21)12-4-6-13(7-5-12)20(28)29-2/h4-9,11,18H,3,10H2,1-2H3,(H,24,25,27). The zero-order valence-electron chi connectivity index (χ0n) is 16.4. The molecule has 2 aromatic rings. The van der Waals surface area contributed by atoms with Crippen molar-refractivity contribution < 1.29 is 14.3 Å². The van der Waals surface area contributed by atoms with Gasteiger partial charge in [-0.1, -0.05) is 46.7 Å². The van der Waals surface area contributed by atoms with Gasteiger partial charge in [0.25, 0.3) is 5.91 Å². The number of hydrogen-bond acceptors (Lipinski definition) is 7. The van der Waals surface area contributed by atoms with Gasteiger partial charge >= 0.3 is 5.97 Å². The molecule has 2 heterocycles. The van der Waals surface area contributed by atoms with E-state index >= 15 is 0 Å². The lowest BCUT2D eigenvalue weighted by atomic mass is 10.1. The molecule has 0 saturated carbocycles. The minimum atomic E-state index is -0.524. The van der Waals surface area contributed by atoms with Crippen LogP contribution < -0.4 is 15.9 Å². The number of thioether (sulfide) groups is 1. The summed E-state index contributed by atoms with van der Waals surface area (Å²) in [5.41, 5.74) is 1.71. The lowest BCUT2D eigenvalue weighted by Crippen LogP contribution is -2.50. The van der Waals surface area contributed by atoms with Gasteiger partial charge in [-0.3, -0.25) is 15.1 Å². The molecule has 1 amide bonds. The lowest BCUT2D eigenvalue weighted by molar-refractivity contribution is -0.116. The van der Waals surface area contributed by atoms with E-state index in [-0.39, 0.29) is 5.91 Å². The topological polar surface area (TPSA) is 83.4 Å². The number of halogens is 1. The van der Waals surface area contributed by atoms with Crippen molar-refractivity contribution in [1.82, 2.24) is 10.3 Å². The summed E-state index contributed by atoms with van der Waals surface area (Å²) in [4.78, 5) is 29.7. The zero-order valence-corrected chi connectivity index (χ0v) is 18.8. The van der Waals surface area contributed by atoms with Gasteiger partial charge in [0.05, 0.1) is 18.0 Å². The summed E-state index contributed by atoms with van der Waals surface area (Å²) in [5.74, 6) is 0.229. The second kappa shape index (κ2) is 8.61. The Morgan fingerprint density at radius 1 is 1.27 bits per heavy atom. The number of carbonyl (C=O) groups excluding carboxylic acids is 2. The molecule has 0 aromatic heterocycles. The Morgan fingerprint density at radius 3 is 2.73 bits per heavy atom. The van der Waals surface area contributed by atoms with Crippen LogP contribution in [0.5, 0.6) is 0 Å². The number of nitrogens with one attached hydrogen (secondary N) is 1. The second-order valence-corrected chi connectivity index (χ2v) is 8.68. The molecule has 0 radical (unpaired) electrons.